The second-order valence-electron chi connectivity index (χ2n) is 6.19. The Hall–Kier alpha value is -1.71. The van der Waals surface area contributed by atoms with E-state index >= 15 is 0 Å². The predicted molar refractivity (Wildman–Crippen MR) is 87.7 cm³/mol. The molecule has 1 aromatic carbocycles. The molecule has 1 heterocycles. The largest absolute Gasteiger partial charge is 0.397 e. The van der Waals surface area contributed by atoms with Gasteiger partial charge in [-0.05, 0) is 43.9 Å². The monoisotopic (exact) mass is 287 g/mol. The van der Waals surface area contributed by atoms with Crippen molar-refractivity contribution >= 4 is 23.0 Å². The fraction of sp³-hybridized carbons (Fsp3) is 0.588. The molecule has 3 rings (SSSR count). The lowest BCUT2D eigenvalue weighted by molar-refractivity contribution is -0.116. The molecule has 0 spiro atoms. The predicted octanol–water partition coefficient (Wildman–Crippen LogP) is 3.31. The van der Waals surface area contributed by atoms with Crippen LogP contribution in [0.25, 0.3) is 0 Å². The van der Waals surface area contributed by atoms with Gasteiger partial charge < -0.3 is 16.0 Å². The maximum absolute atomic E-state index is 11.5. The molecule has 4 nitrogen and oxygen atoms in total. The molecule has 4 heteroatoms. The minimum atomic E-state index is 0.0919. The molecule has 0 saturated heterocycles. The van der Waals surface area contributed by atoms with Crippen LogP contribution in [0.15, 0.2) is 12.1 Å². The minimum Gasteiger partial charge on any atom is -0.397 e. The molecule has 1 saturated carbocycles. The molecule has 3 N–H and O–H groups in total. The molecule has 0 atom stereocenters. The Bertz CT molecular complexity index is 535. The van der Waals surface area contributed by atoms with E-state index in [9.17, 15) is 4.79 Å². The zero-order valence-corrected chi connectivity index (χ0v) is 12.8. The molecule has 0 bridgehead atoms. The topological polar surface area (TPSA) is 58.4 Å². The molecule has 1 amide bonds. The minimum absolute atomic E-state index is 0.0919. The third kappa shape index (κ3) is 2.85. The summed E-state index contributed by atoms with van der Waals surface area (Å²) in [6, 6.07) is 4.75. The zero-order valence-electron chi connectivity index (χ0n) is 12.8. The molecule has 1 aliphatic carbocycles. The van der Waals surface area contributed by atoms with Crippen LogP contribution in [0, 0.1) is 0 Å². The Kier molecular flexibility index (Phi) is 4.04. The van der Waals surface area contributed by atoms with Crippen molar-refractivity contribution in [1.82, 2.24) is 0 Å². The highest BCUT2D eigenvalue weighted by Gasteiger charge is 2.24. The highest BCUT2D eigenvalue weighted by molar-refractivity contribution is 5.95. The number of rotatable bonds is 3. The van der Waals surface area contributed by atoms with Gasteiger partial charge in [-0.15, -0.1) is 0 Å². The number of benzene rings is 1. The van der Waals surface area contributed by atoms with Crippen molar-refractivity contribution in [1.29, 1.82) is 0 Å². The van der Waals surface area contributed by atoms with Gasteiger partial charge in [-0.2, -0.15) is 0 Å². The van der Waals surface area contributed by atoms with E-state index in [0.717, 1.165) is 30.0 Å². The first-order valence-electron chi connectivity index (χ1n) is 8.18. The number of nitrogens with one attached hydrogen (secondary N) is 1. The van der Waals surface area contributed by atoms with Crippen molar-refractivity contribution in [2.45, 2.75) is 57.9 Å². The second kappa shape index (κ2) is 5.96. The molecule has 0 unspecified atom stereocenters. The first-order valence-corrected chi connectivity index (χ1v) is 8.18. The average molecular weight is 287 g/mol. The number of hydrogen-bond donors (Lipinski definition) is 2. The summed E-state index contributed by atoms with van der Waals surface area (Å²) in [5.74, 6) is 0.0919. The molecule has 1 fully saturated rings. The lowest BCUT2D eigenvalue weighted by atomic mass is 9.93. The Balaban J connectivity index is 1.91. The molecule has 2 aliphatic rings. The van der Waals surface area contributed by atoms with E-state index in [-0.39, 0.29) is 5.91 Å². The number of nitrogens with two attached hydrogens (primary N) is 1. The van der Waals surface area contributed by atoms with Gasteiger partial charge in [-0.25, -0.2) is 0 Å². The highest BCUT2D eigenvalue weighted by atomic mass is 16.1. The number of fused-ring (bicyclic) bond motifs is 1. The smallest absolute Gasteiger partial charge is 0.224 e. The summed E-state index contributed by atoms with van der Waals surface area (Å²) in [6.07, 6.45) is 7.93. The van der Waals surface area contributed by atoms with Crippen molar-refractivity contribution in [3.63, 3.8) is 0 Å². The van der Waals surface area contributed by atoms with Gasteiger partial charge in [-0.1, -0.05) is 19.3 Å². The molecule has 21 heavy (non-hydrogen) atoms. The van der Waals surface area contributed by atoms with Gasteiger partial charge >= 0.3 is 0 Å². The lowest BCUT2D eigenvalue weighted by Crippen LogP contribution is -2.37. The van der Waals surface area contributed by atoms with Gasteiger partial charge in [0.25, 0.3) is 0 Å². The van der Waals surface area contributed by atoms with Crippen molar-refractivity contribution in [2.75, 3.05) is 22.5 Å². The van der Waals surface area contributed by atoms with Crippen LogP contribution in [-0.4, -0.2) is 18.5 Å². The van der Waals surface area contributed by atoms with Crippen LogP contribution in [-0.2, 0) is 11.2 Å². The van der Waals surface area contributed by atoms with E-state index in [1.54, 1.807) is 0 Å². The summed E-state index contributed by atoms with van der Waals surface area (Å²) in [5.41, 5.74) is 10.3. The summed E-state index contributed by atoms with van der Waals surface area (Å²) in [7, 11) is 0. The normalized spacial score (nSPS) is 19.0. The van der Waals surface area contributed by atoms with Crippen LogP contribution >= 0.6 is 0 Å². The van der Waals surface area contributed by atoms with E-state index in [0.29, 0.717) is 12.5 Å². The van der Waals surface area contributed by atoms with Gasteiger partial charge in [0, 0.05) is 24.7 Å². The number of hydrogen-bond acceptors (Lipinski definition) is 3. The molecular formula is C17H25N3O. The van der Waals surface area contributed by atoms with Crippen LogP contribution < -0.4 is 16.0 Å². The van der Waals surface area contributed by atoms with Crippen molar-refractivity contribution in [3.8, 4) is 0 Å². The van der Waals surface area contributed by atoms with Crippen molar-refractivity contribution in [2.24, 2.45) is 0 Å². The number of carbonyl (C=O) groups excluding carboxylic acids is 1. The lowest BCUT2D eigenvalue weighted by Gasteiger charge is -2.36. The van der Waals surface area contributed by atoms with Gasteiger partial charge in [-0.3, -0.25) is 4.79 Å². The Morgan fingerprint density at radius 3 is 2.71 bits per heavy atom. The van der Waals surface area contributed by atoms with E-state index < -0.39 is 0 Å². The summed E-state index contributed by atoms with van der Waals surface area (Å²) in [6.45, 7) is 3.19. The van der Waals surface area contributed by atoms with E-state index in [1.807, 2.05) is 6.07 Å². The number of carbonyl (C=O) groups is 1. The Labute approximate surface area is 126 Å². The fourth-order valence-electron chi connectivity index (χ4n) is 3.70. The van der Waals surface area contributed by atoms with Gasteiger partial charge in [0.1, 0.15) is 0 Å². The zero-order chi connectivity index (χ0) is 14.8. The number of nitrogen functional groups attached to an aromatic ring is 1. The van der Waals surface area contributed by atoms with E-state index in [2.05, 4.69) is 23.2 Å². The molecule has 1 aliphatic heterocycles. The molecular weight excluding hydrogens is 262 g/mol. The van der Waals surface area contributed by atoms with E-state index in [4.69, 9.17) is 5.73 Å². The average Bonchev–Trinajstić information content (AvgIpc) is 2.50. The first kappa shape index (κ1) is 14.2. The van der Waals surface area contributed by atoms with Crippen LogP contribution in [0.2, 0.25) is 0 Å². The molecule has 0 aromatic heterocycles. The Morgan fingerprint density at radius 2 is 2.00 bits per heavy atom. The number of amides is 1. The van der Waals surface area contributed by atoms with Gasteiger partial charge in [0.05, 0.1) is 11.4 Å². The third-order valence-electron chi connectivity index (χ3n) is 4.81. The molecule has 0 radical (unpaired) electrons. The van der Waals surface area contributed by atoms with Crippen LogP contribution in [0.5, 0.6) is 0 Å². The fourth-order valence-corrected chi connectivity index (χ4v) is 3.70. The quantitative estimate of drug-likeness (QED) is 0.839. The first-order chi connectivity index (χ1) is 10.2. The summed E-state index contributed by atoms with van der Waals surface area (Å²) in [4.78, 5) is 14.0. The van der Waals surface area contributed by atoms with E-state index in [1.165, 1.54) is 37.7 Å². The maximum Gasteiger partial charge on any atom is 0.224 e. The Morgan fingerprint density at radius 1 is 1.24 bits per heavy atom. The van der Waals surface area contributed by atoms with Crippen molar-refractivity contribution in [3.05, 3.63) is 17.7 Å². The third-order valence-corrected chi connectivity index (χ3v) is 4.81. The maximum atomic E-state index is 11.5. The van der Waals surface area contributed by atoms with Gasteiger partial charge in [0.15, 0.2) is 0 Å². The summed E-state index contributed by atoms with van der Waals surface area (Å²) in [5, 5.41) is 2.93. The number of anilines is 3. The number of aryl methyl sites for hydroxylation is 1. The van der Waals surface area contributed by atoms with Crippen LogP contribution in [0.4, 0.5) is 17.1 Å². The summed E-state index contributed by atoms with van der Waals surface area (Å²) >= 11 is 0. The van der Waals surface area contributed by atoms with Gasteiger partial charge in [0.2, 0.25) is 5.91 Å². The van der Waals surface area contributed by atoms with Crippen molar-refractivity contribution < 1.29 is 4.79 Å². The standard InChI is InChI=1S/C17H25N3O/c1-2-20(13-6-4-3-5-7-13)16-10-12-8-9-17(21)19-15(12)11-14(16)18/h10-11,13H,2-9,18H2,1H3,(H,19,21). The summed E-state index contributed by atoms with van der Waals surface area (Å²) < 4.78 is 0. The molecule has 114 valence electrons. The van der Waals surface area contributed by atoms with Crippen LogP contribution in [0.3, 0.4) is 0 Å². The molecule has 1 aromatic rings. The highest BCUT2D eigenvalue weighted by Crippen LogP contribution is 2.36. The number of nitrogens with zero attached hydrogens (tertiary/aromatic N) is 1. The van der Waals surface area contributed by atoms with Crippen LogP contribution in [0.1, 0.15) is 51.0 Å². The SMILES string of the molecule is CCN(c1cc2c(cc1N)NC(=O)CC2)C1CCCCC1. The second-order valence-corrected chi connectivity index (χ2v) is 6.19.